The summed E-state index contributed by atoms with van der Waals surface area (Å²) >= 11 is 0. The van der Waals surface area contributed by atoms with Gasteiger partial charge in [-0.3, -0.25) is 13.9 Å². The van der Waals surface area contributed by atoms with Crippen molar-refractivity contribution in [3.63, 3.8) is 0 Å². The maximum atomic E-state index is 14.5. The summed E-state index contributed by atoms with van der Waals surface area (Å²) in [7, 11) is 0. The number of ether oxygens (including phenoxy) is 1. The van der Waals surface area contributed by atoms with E-state index in [1.807, 2.05) is 18.2 Å². The molecule has 5 aromatic rings. The Morgan fingerprint density at radius 1 is 0.980 bits per heavy atom. The van der Waals surface area contributed by atoms with E-state index in [1.165, 1.54) is 40.9 Å². The van der Waals surface area contributed by atoms with E-state index < -0.39 is 35.1 Å². The van der Waals surface area contributed by atoms with E-state index in [2.05, 4.69) is 5.10 Å². The molecule has 1 saturated heterocycles. The number of nitrogens with zero attached hydrogens (tertiary/aromatic N) is 7. The SMILES string of the molecule is Cc1c(-c2c(C#N)cnn2-c2ccc(C#N)cc2)c(=O)n([C@@H]2CCN(C(=O)OCc3ccccc3)C2)c(=O)n1-c1cccc(C(F)(F)F)c1. The molecule has 1 amide bonds. The second-order valence-electron chi connectivity index (χ2n) is 11.3. The monoisotopic (exact) mass is 665 g/mol. The highest BCUT2D eigenvalue weighted by Gasteiger charge is 2.35. The van der Waals surface area contributed by atoms with Crippen LogP contribution in [0.15, 0.2) is 94.6 Å². The maximum Gasteiger partial charge on any atom is 0.416 e. The van der Waals surface area contributed by atoms with Crippen LogP contribution in [-0.4, -0.2) is 43.0 Å². The van der Waals surface area contributed by atoms with Crippen molar-refractivity contribution in [3.05, 3.63) is 134 Å². The second kappa shape index (κ2) is 13.0. The minimum atomic E-state index is -4.72. The molecule has 1 aliphatic rings. The average molecular weight is 666 g/mol. The predicted molar refractivity (Wildman–Crippen MR) is 170 cm³/mol. The zero-order valence-electron chi connectivity index (χ0n) is 25.9. The summed E-state index contributed by atoms with van der Waals surface area (Å²) in [6.07, 6.45) is -3.98. The number of hydrogen-bond donors (Lipinski definition) is 0. The molecule has 11 nitrogen and oxygen atoms in total. The third-order valence-electron chi connectivity index (χ3n) is 8.32. The van der Waals surface area contributed by atoms with Gasteiger partial charge in [-0.15, -0.1) is 0 Å². The van der Waals surface area contributed by atoms with Gasteiger partial charge in [-0.05, 0) is 61.4 Å². The van der Waals surface area contributed by atoms with Gasteiger partial charge < -0.3 is 9.64 Å². The molecule has 0 N–H and O–H groups in total. The van der Waals surface area contributed by atoms with Crippen molar-refractivity contribution in [1.29, 1.82) is 10.5 Å². The third-order valence-corrected chi connectivity index (χ3v) is 8.32. The summed E-state index contributed by atoms with van der Waals surface area (Å²) in [6.45, 7) is 1.47. The quantitative estimate of drug-likeness (QED) is 0.233. The molecule has 1 atom stereocenters. The Hall–Kier alpha value is -6.41. The lowest BCUT2D eigenvalue weighted by molar-refractivity contribution is -0.137. The Labute approximate surface area is 276 Å². The summed E-state index contributed by atoms with van der Waals surface area (Å²) in [5, 5.41) is 23.6. The van der Waals surface area contributed by atoms with Crippen LogP contribution in [0.25, 0.3) is 22.6 Å². The number of rotatable bonds is 6. The first-order chi connectivity index (χ1) is 23.5. The smallest absolute Gasteiger partial charge is 0.416 e. The Kier molecular flexibility index (Phi) is 8.63. The predicted octanol–water partition coefficient (Wildman–Crippen LogP) is 5.51. The van der Waals surface area contributed by atoms with E-state index in [1.54, 1.807) is 36.4 Å². The summed E-state index contributed by atoms with van der Waals surface area (Å²) in [6, 6.07) is 22.5. The largest absolute Gasteiger partial charge is 0.445 e. The van der Waals surface area contributed by atoms with Gasteiger partial charge >= 0.3 is 18.0 Å². The number of carbonyl (C=O) groups excluding carboxylic acids is 1. The normalized spacial score (nSPS) is 14.3. The molecule has 14 heteroatoms. The summed E-state index contributed by atoms with van der Waals surface area (Å²) < 4.78 is 50.1. The van der Waals surface area contributed by atoms with Gasteiger partial charge in [0.15, 0.2) is 0 Å². The highest BCUT2D eigenvalue weighted by Crippen LogP contribution is 2.32. The Balaban J connectivity index is 1.51. The molecule has 1 aliphatic heterocycles. The number of hydrogen-bond acceptors (Lipinski definition) is 7. The fraction of sp³-hybridized carbons (Fsp3) is 0.200. The zero-order chi connectivity index (χ0) is 34.9. The van der Waals surface area contributed by atoms with Crippen LogP contribution < -0.4 is 11.2 Å². The molecule has 0 unspecified atom stereocenters. The number of halogens is 3. The first kappa shape index (κ1) is 32.5. The van der Waals surface area contributed by atoms with Crippen molar-refractivity contribution >= 4 is 6.09 Å². The van der Waals surface area contributed by atoms with Crippen molar-refractivity contribution in [3.8, 4) is 34.8 Å². The standard InChI is InChI=1S/C35H26F3N7O4/c1-22-30(31-25(18-40)19-41-45(31)27-12-10-23(17-39)11-13-27)32(46)44(33(47)43(22)28-9-5-8-26(16-28)35(36,37)38)29-14-15-42(20-29)34(48)49-21-24-6-3-2-4-7-24/h2-13,16,19,29H,14-15,20-21H2,1H3/t29-/m1/s1. The molecule has 246 valence electrons. The van der Waals surface area contributed by atoms with Crippen molar-refractivity contribution in [2.45, 2.75) is 32.2 Å². The Bertz CT molecular complexity index is 2260. The second-order valence-corrected chi connectivity index (χ2v) is 11.3. The van der Waals surface area contributed by atoms with Crippen LogP contribution in [0.1, 0.15) is 40.4 Å². The molecular weight excluding hydrogens is 639 g/mol. The lowest BCUT2D eigenvalue weighted by Gasteiger charge is -2.22. The van der Waals surface area contributed by atoms with Crippen molar-refractivity contribution < 1.29 is 22.7 Å². The van der Waals surface area contributed by atoms with Crippen LogP contribution in [-0.2, 0) is 17.5 Å². The molecule has 3 heterocycles. The summed E-state index contributed by atoms with van der Waals surface area (Å²) in [5.41, 5.74) is -1.63. The number of carbonyl (C=O) groups is 1. The van der Waals surface area contributed by atoms with Gasteiger partial charge in [0.2, 0.25) is 0 Å². The average Bonchev–Trinajstić information content (AvgIpc) is 3.76. The molecule has 0 aliphatic carbocycles. The number of benzene rings is 3. The van der Waals surface area contributed by atoms with E-state index in [9.17, 15) is 38.1 Å². The van der Waals surface area contributed by atoms with E-state index >= 15 is 0 Å². The van der Waals surface area contributed by atoms with Gasteiger partial charge in [-0.1, -0.05) is 36.4 Å². The molecule has 49 heavy (non-hydrogen) atoms. The molecule has 0 radical (unpaired) electrons. The molecular formula is C35H26F3N7O4. The van der Waals surface area contributed by atoms with Crippen molar-refractivity contribution in [2.24, 2.45) is 0 Å². The number of aromatic nitrogens is 4. The number of amides is 1. The van der Waals surface area contributed by atoms with Gasteiger partial charge in [0, 0.05) is 18.8 Å². The zero-order valence-corrected chi connectivity index (χ0v) is 25.9. The van der Waals surface area contributed by atoms with E-state index in [-0.39, 0.29) is 54.3 Å². The van der Waals surface area contributed by atoms with Gasteiger partial charge in [0.1, 0.15) is 12.7 Å². The van der Waals surface area contributed by atoms with Gasteiger partial charge in [0.05, 0.1) is 57.6 Å². The topological polar surface area (TPSA) is 139 Å². The Morgan fingerprint density at radius 3 is 2.39 bits per heavy atom. The van der Waals surface area contributed by atoms with Gasteiger partial charge in [-0.2, -0.15) is 28.8 Å². The molecule has 1 fully saturated rings. The minimum absolute atomic E-state index is 0.00121. The first-order valence-corrected chi connectivity index (χ1v) is 15.0. The van der Waals surface area contributed by atoms with Crippen LogP contribution >= 0.6 is 0 Å². The maximum absolute atomic E-state index is 14.5. The van der Waals surface area contributed by atoms with Crippen LogP contribution in [0.4, 0.5) is 18.0 Å². The number of nitriles is 2. The van der Waals surface area contributed by atoms with Gasteiger partial charge in [-0.25, -0.2) is 14.3 Å². The highest BCUT2D eigenvalue weighted by atomic mass is 19.4. The molecule has 3 aromatic carbocycles. The Morgan fingerprint density at radius 2 is 1.71 bits per heavy atom. The molecule has 0 saturated carbocycles. The highest BCUT2D eigenvalue weighted by molar-refractivity contribution is 5.71. The minimum Gasteiger partial charge on any atom is -0.445 e. The van der Waals surface area contributed by atoms with E-state index in [0.29, 0.717) is 11.3 Å². The van der Waals surface area contributed by atoms with Crippen molar-refractivity contribution in [1.82, 2.24) is 23.8 Å². The first-order valence-electron chi connectivity index (χ1n) is 15.0. The van der Waals surface area contributed by atoms with Crippen LogP contribution in [0, 0.1) is 29.6 Å². The summed E-state index contributed by atoms with van der Waals surface area (Å²) in [5.74, 6) is 0. The number of alkyl halides is 3. The molecule has 2 aromatic heterocycles. The fourth-order valence-corrected chi connectivity index (χ4v) is 5.92. The van der Waals surface area contributed by atoms with Crippen LogP contribution in [0.3, 0.4) is 0 Å². The molecule has 0 spiro atoms. The number of likely N-dealkylation sites (tertiary alicyclic amines) is 1. The van der Waals surface area contributed by atoms with Crippen molar-refractivity contribution in [2.75, 3.05) is 13.1 Å². The van der Waals surface area contributed by atoms with E-state index in [0.717, 1.165) is 32.9 Å². The third kappa shape index (κ3) is 6.19. The van der Waals surface area contributed by atoms with E-state index in [4.69, 9.17) is 4.74 Å². The summed E-state index contributed by atoms with van der Waals surface area (Å²) in [4.78, 5) is 43.1. The molecule has 0 bridgehead atoms. The molecule has 6 rings (SSSR count). The van der Waals surface area contributed by atoms with Crippen LogP contribution in [0.2, 0.25) is 0 Å². The van der Waals surface area contributed by atoms with Gasteiger partial charge in [0.25, 0.3) is 5.56 Å². The van der Waals surface area contributed by atoms with Crippen LogP contribution in [0.5, 0.6) is 0 Å². The fourth-order valence-electron chi connectivity index (χ4n) is 5.92. The lowest BCUT2D eigenvalue weighted by atomic mass is 10.1. The lowest BCUT2D eigenvalue weighted by Crippen LogP contribution is -2.44.